The molecule has 1 aliphatic rings. The molecule has 3 rings (SSSR count). The van der Waals surface area contributed by atoms with Crippen molar-refractivity contribution < 1.29 is 28.5 Å². The molecule has 33 heavy (non-hydrogen) atoms. The summed E-state index contributed by atoms with van der Waals surface area (Å²) in [5.41, 5.74) is 1.56. The second kappa shape index (κ2) is 11.7. The maximum atomic E-state index is 12.8. The Morgan fingerprint density at radius 2 is 1.91 bits per heavy atom. The van der Waals surface area contributed by atoms with E-state index in [1.807, 2.05) is 29.2 Å². The topological polar surface area (TPSA) is 86.3 Å². The molecule has 1 fully saturated rings. The van der Waals surface area contributed by atoms with Crippen LogP contribution in [0.5, 0.6) is 23.0 Å². The summed E-state index contributed by atoms with van der Waals surface area (Å²) in [7, 11) is 4.73. The van der Waals surface area contributed by atoms with Gasteiger partial charge in [0.2, 0.25) is 17.6 Å². The van der Waals surface area contributed by atoms with E-state index in [9.17, 15) is 9.59 Å². The van der Waals surface area contributed by atoms with Gasteiger partial charge >= 0.3 is 0 Å². The minimum atomic E-state index is -0.191. The van der Waals surface area contributed by atoms with Crippen LogP contribution in [0, 0.1) is 0 Å². The van der Waals surface area contributed by atoms with Gasteiger partial charge < -0.3 is 29.2 Å². The molecule has 0 aromatic heterocycles. The number of ether oxygens (including phenoxy) is 4. The summed E-state index contributed by atoms with van der Waals surface area (Å²) >= 11 is 1.70. The predicted molar refractivity (Wildman–Crippen MR) is 128 cm³/mol. The molecule has 178 valence electrons. The van der Waals surface area contributed by atoms with Gasteiger partial charge in [-0.2, -0.15) is 0 Å². The van der Waals surface area contributed by atoms with E-state index in [0.29, 0.717) is 54.7 Å². The first-order valence-electron chi connectivity index (χ1n) is 10.7. The quantitative estimate of drug-likeness (QED) is 0.519. The number of benzene rings is 2. The number of anilines is 1. The third-order valence-electron chi connectivity index (χ3n) is 5.16. The monoisotopic (exact) mass is 474 g/mol. The van der Waals surface area contributed by atoms with Crippen LogP contribution in [-0.2, 0) is 9.59 Å². The molecule has 0 bridgehead atoms. The molecule has 9 heteroatoms. The Kier molecular flexibility index (Phi) is 8.71. The summed E-state index contributed by atoms with van der Waals surface area (Å²) < 4.78 is 22.4. The zero-order valence-electron chi connectivity index (χ0n) is 19.4. The first kappa shape index (κ1) is 24.6. The van der Waals surface area contributed by atoms with Crippen molar-refractivity contribution in [3.05, 3.63) is 42.0 Å². The van der Waals surface area contributed by atoms with E-state index < -0.39 is 0 Å². The number of nitrogens with one attached hydrogen (secondary N) is 1. The molecule has 2 aromatic rings. The number of nitrogens with zero attached hydrogens (tertiary/aromatic N) is 1. The normalized spacial score (nSPS) is 15.7. The standard InChI is InChI=1S/C24H30N2O6S/c1-16(27)25-17-7-5-8-18(15-17)32-13-6-12-26-21(28)11-14-33-24(26)19-9-10-20(29-2)23(31-4)22(19)30-3/h5,7-10,15,24H,6,11-14H2,1-4H3,(H,25,27). The number of carbonyl (C=O) groups excluding carboxylic acids is 2. The molecule has 0 radical (unpaired) electrons. The fraction of sp³-hybridized carbons (Fsp3) is 0.417. The van der Waals surface area contributed by atoms with E-state index >= 15 is 0 Å². The average molecular weight is 475 g/mol. The lowest BCUT2D eigenvalue weighted by Gasteiger charge is -2.36. The Morgan fingerprint density at radius 1 is 1.12 bits per heavy atom. The van der Waals surface area contributed by atoms with Gasteiger partial charge in [0, 0.05) is 43.0 Å². The Balaban J connectivity index is 1.69. The number of hydrogen-bond donors (Lipinski definition) is 1. The Bertz CT molecular complexity index is 983. The number of rotatable bonds is 10. The van der Waals surface area contributed by atoms with E-state index in [2.05, 4.69) is 5.32 Å². The summed E-state index contributed by atoms with van der Waals surface area (Å²) in [4.78, 5) is 25.9. The number of thioether (sulfide) groups is 1. The summed E-state index contributed by atoms with van der Waals surface area (Å²) in [5, 5.41) is 2.55. The highest BCUT2D eigenvalue weighted by Crippen LogP contribution is 2.48. The highest BCUT2D eigenvalue weighted by atomic mass is 32.2. The minimum Gasteiger partial charge on any atom is -0.493 e. The summed E-state index contributed by atoms with van der Waals surface area (Å²) in [6.07, 6.45) is 1.15. The zero-order valence-corrected chi connectivity index (χ0v) is 20.2. The second-order valence-electron chi connectivity index (χ2n) is 7.39. The SMILES string of the molecule is COc1ccc(C2SCCC(=O)N2CCCOc2cccc(NC(C)=O)c2)c(OC)c1OC. The molecule has 0 saturated carbocycles. The first-order chi connectivity index (χ1) is 16.0. The number of carbonyl (C=O) groups is 2. The number of hydrogen-bond acceptors (Lipinski definition) is 7. The molecule has 1 N–H and O–H groups in total. The fourth-order valence-corrected chi connectivity index (χ4v) is 5.02. The largest absolute Gasteiger partial charge is 0.493 e. The van der Waals surface area contributed by atoms with Gasteiger partial charge in [0.25, 0.3) is 0 Å². The molecule has 1 aliphatic heterocycles. The summed E-state index contributed by atoms with van der Waals surface area (Å²) in [5.74, 6) is 3.03. The molecule has 1 unspecified atom stereocenters. The lowest BCUT2D eigenvalue weighted by Crippen LogP contribution is -2.38. The predicted octanol–water partition coefficient (Wildman–Crippen LogP) is 4.10. The maximum absolute atomic E-state index is 12.8. The summed E-state index contributed by atoms with van der Waals surface area (Å²) in [6, 6.07) is 11.0. The smallest absolute Gasteiger partial charge is 0.224 e. The Morgan fingerprint density at radius 3 is 2.61 bits per heavy atom. The van der Waals surface area contributed by atoms with Crippen LogP contribution in [0.4, 0.5) is 5.69 Å². The lowest BCUT2D eigenvalue weighted by molar-refractivity contribution is -0.132. The van der Waals surface area contributed by atoms with Crippen molar-refractivity contribution in [3.8, 4) is 23.0 Å². The lowest BCUT2D eigenvalue weighted by atomic mass is 10.1. The van der Waals surface area contributed by atoms with Crippen LogP contribution in [0.25, 0.3) is 0 Å². The molecule has 0 spiro atoms. The molecule has 2 amide bonds. The highest BCUT2D eigenvalue weighted by molar-refractivity contribution is 7.99. The molecule has 1 heterocycles. The van der Waals surface area contributed by atoms with Crippen molar-refractivity contribution in [1.29, 1.82) is 0 Å². The average Bonchev–Trinajstić information content (AvgIpc) is 2.81. The van der Waals surface area contributed by atoms with Gasteiger partial charge in [0.15, 0.2) is 11.5 Å². The van der Waals surface area contributed by atoms with E-state index in [1.54, 1.807) is 45.2 Å². The van der Waals surface area contributed by atoms with Gasteiger partial charge in [-0.1, -0.05) is 6.07 Å². The zero-order chi connectivity index (χ0) is 23.8. The Hall–Kier alpha value is -3.07. The van der Waals surface area contributed by atoms with E-state index in [0.717, 1.165) is 11.3 Å². The van der Waals surface area contributed by atoms with Gasteiger partial charge in [-0.05, 0) is 30.7 Å². The second-order valence-corrected chi connectivity index (χ2v) is 8.58. The van der Waals surface area contributed by atoms with Crippen LogP contribution >= 0.6 is 11.8 Å². The Labute approximate surface area is 198 Å². The first-order valence-corrected chi connectivity index (χ1v) is 11.7. The van der Waals surface area contributed by atoms with Crippen molar-refractivity contribution in [2.75, 3.05) is 45.6 Å². The van der Waals surface area contributed by atoms with Gasteiger partial charge in [0.05, 0.1) is 27.9 Å². The van der Waals surface area contributed by atoms with Crippen molar-refractivity contribution in [3.63, 3.8) is 0 Å². The fourth-order valence-electron chi connectivity index (χ4n) is 3.73. The van der Waals surface area contributed by atoms with Crippen molar-refractivity contribution in [1.82, 2.24) is 4.90 Å². The van der Waals surface area contributed by atoms with Gasteiger partial charge in [0.1, 0.15) is 11.1 Å². The van der Waals surface area contributed by atoms with Crippen LogP contribution < -0.4 is 24.3 Å². The molecule has 2 aromatic carbocycles. The van der Waals surface area contributed by atoms with Crippen molar-refractivity contribution in [2.45, 2.75) is 25.1 Å². The maximum Gasteiger partial charge on any atom is 0.224 e. The van der Waals surface area contributed by atoms with Crippen molar-refractivity contribution >= 4 is 29.3 Å². The molecular weight excluding hydrogens is 444 g/mol. The van der Waals surface area contributed by atoms with Crippen LogP contribution in [0.3, 0.4) is 0 Å². The van der Waals surface area contributed by atoms with Crippen molar-refractivity contribution in [2.24, 2.45) is 0 Å². The molecular formula is C24H30N2O6S. The third kappa shape index (κ3) is 6.04. The third-order valence-corrected chi connectivity index (χ3v) is 6.43. The minimum absolute atomic E-state index is 0.100. The number of methoxy groups -OCH3 is 3. The molecule has 1 atom stereocenters. The van der Waals surface area contributed by atoms with Gasteiger partial charge in [-0.15, -0.1) is 11.8 Å². The summed E-state index contributed by atoms with van der Waals surface area (Å²) in [6.45, 7) is 2.44. The molecule has 1 saturated heterocycles. The van der Waals surface area contributed by atoms with Crippen LogP contribution in [0.1, 0.15) is 30.7 Å². The van der Waals surface area contributed by atoms with E-state index in [4.69, 9.17) is 18.9 Å². The van der Waals surface area contributed by atoms with Crippen LogP contribution in [-0.4, -0.2) is 56.9 Å². The van der Waals surface area contributed by atoms with E-state index in [1.165, 1.54) is 6.92 Å². The van der Waals surface area contributed by atoms with Gasteiger partial charge in [-0.25, -0.2) is 0 Å². The highest BCUT2D eigenvalue weighted by Gasteiger charge is 2.33. The number of amides is 2. The van der Waals surface area contributed by atoms with Gasteiger partial charge in [-0.3, -0.25) is 9.59 Å². The van der Waals surface area contributed by atoms with Crippen LogP contribution in [0.15, 0.2) is 36.4 Å². The van der Waals surface area contributed by atoms with Crippen LogP contribution in [0.2, 0.25) is 0 Å². The van der Waals surface area contributed by atoms with E-state index in [-0.39, 0.29) is 17.2 Å². The molecule has 0 aliphatic carbocycles. The molecule has 8 nitrogen and oxygen atoms in total.